The van der Waals surface area contributed by atoms with Gasteiger partial charge in [-0.2, -0.15) is 5.10 Å². The zero-order valence-corrected chi connectivity index (χ0v) is 19.6. The lowest BCUT2D eigenvalue weighted by molar-refractivity contribution is -0.143. The first kappa shape index (κ1) is 22.2. The van der Waals surface area contributed by atoms with E-state index in [0.717, 1.165) is 37.5 Å². The number of H-pyrrole nitrogens is 1. The zero-order valence-electron chi connectivity index (χ0n) is 18.0. The molecule has 1 N–H and O–H groups in total. The van der Waals surface area contributed by atoms with Gasteiger partial charge in [0.25, 0.3) is 0 Å². The van der Waals surface area contributed by atoms with E-state index in [1.54, 1.807) is 37.4 Å². The average molecular weight is 470 g/mol. The molecule has 0 fully saturated rings. The van der Waals surface area contributed by atoms with Gasteiger partial charge in [0, 0.05) is 44.4 Å². The van der Waals surface area contributed by atoms with Crippen molar-refractivity contribution in [2.45, 2.75) is 35.1 Å². The number of benzene rings is 2. The predicted octanol–water partition coefficient (Wildman–Crippen LogP) is 4.46. The van der Waals surface area contributed by atoms with E-state index in [1.807, 2.05) is 29.8 Å². The van der Waals surface area contributed by atoms with Crippen LogP contribution in [-0.2, 0) is 25.9 Å². The molecule has 4 aromatic rings. The highest BCUT2D eigenvalue weighted by molar-refractivity contribution is 7.99. The van der Waals surface area contributed by atoms with Crippen LogP contribution in [0.25, 0.3) is 22.0 Å². The maximum atomic E-state index is 12.2. The molecule has 0 aliphatic rings. The molecule has 2 aromatic heterocycles. The minimum absolute atomic E-state index is 0.120. The molecule has 0 spiro atoms. The van der Waals surface area contributed by atoms with Crippen molar-refractivity contribution in [3.05, 3.63) is 60.6 Å². The smallest absolute Gasteiger partial charge is 0.325 e. The summed E-state index contributed by atoms with van der Waals surface area (Å²) in [7, 11) is -3.25. The Labute approximate surface area is 190 Å². The molecule has 2 heterocycles. The number of fused-ring (bicyclic) bond motifs is 1. The molecule has 4 rings (SSSR count). The summed E-state index contributed by atoms with van der Waals surface area (Å²) in [5.74, 6) is -0.291. The van der Waals surface area contributed by atoms with Gasteiger partial charge in [-0.25, -0.2) is 8.42 Å². The molecule has 0 saturated heterocycles. The Balaban J connectivity index is 1.80. The van der Waals surface area contributed by atoms with Gasteiger partial charge in [-0.05, 0) is 55.8 Å². The third-order valence-corrected chi connectivity index (χ3v) is 7.52. The molecular weight excluding hydrogens is 446 g/mol. The molecule has 0 aliphatic heterocycles. The molecule has 0 unspecified atom stereocenters. The Bertz CT molecular complexity index is 1370. The lowest BCUT2D eigenvalue weighted by Crippen LogP contribution is -2.14. The van der Waals surface area contributed by atoms with E-state index < -0.39 is 9.84 Å². The highest BCUT2D eigenvalue weighted by atomic mass is 32.2. The van der Waals surface area contributed by atoms with Crippen molar-refractivity contribution in [2.24, 2.45) is 0 Å². The topological polar surface area (TPSA) is 94.1 Å². The van der Waals surface area contributed by atoms with E-state index in [9.17, 15) is 13.2 Å². The Morgan fingerprint density at radius 1 is 1.16 bits per heavy atom. The van der Waals surface area contributed by atoms with Crippen LogP contribution in [0.4, 0.5) is 0 Å². The second-order valence-corrected chi connectivity index (χ2v) is 10.5. The minimum atomic E-state index is -3.25. The largest absolute Gasteiger partial charge is 0.465 e. The van der Waals surface area contributed by atoms with E-state index >= 15 is 0 Å². The number of carbonyl (C=O) groups excluding carboxylic acids is 1. The second-order valence-electron chi connectivity index (χ2n) is 7.37. The van der Waals surface area contributed by atoms with Crippen LogP contribution in [0.15, 0.2) is 69.5 Å². The van der Waals surface area contributed by atoms with Crippen LogP contribution in [0, 0.1) is 6.92 Å². The number of carbonyl (C=O) groups is 1. The standard InChI is InChI=1S/C23H23N3O4S2/c1-4-30-22(27)14-26-15(2)23(31-18-6-8-19(9-7-18)32(3,28)29)20-11-16(5-10-21(20)26)17-12-24-25-13-17/h5-13H,4,14H2,1-3H3,(H,24,25). The number of ether oxygens (including phenoxy) is 1. The SMILES string of the molecule is CCOC(=O)Cn1c(C)c(Sc2ccc(S(C)(=O)=O)cc2)c2cc(-c3cn[nH]c3)ccc21. The summed E-state index contributed by atoms with van der Waals surface area (Å²) in [5, 5.41) is 7.87. The number of nitrogens with zero attached hydrogens (tertiary/aromatic N) is 2. The Morgan fingerprint density at radius 2 is 1.91 bits per heavy atom. The number of hydrogen-bond acceptors (Lipinski definition) is 6. The summed E-state index contributed by atoms with van der Waals surface area (Å²) in [6, 6.07) is 12.9. The lowest BCUT2D eigenvalue weighted by Gasteiger charge is -2.08. The molecule has 0 amide bonds. The van der Waals surface area contributed by atoms with Gasteiger partial charge in [0.15, 0.2) is 9.84 Å². The second kappa shape index (κ2) is 8.84. The van der Waals surface area contributed by atoms with E-state index in [2.05, 4.69) is 16.3 Å². The van der Waals surface area contributed by atoms with Gasteiger partial charge >= 0.3 is 5.97 Å². The summed E-state index contributed by atoms with van der Waals surface area (Å²) in [5.41, 5.74) is 3.85. The number of nitrogens with one attached hydrogen (secondary N) is 1. The third kappa shape index (κ3) is 4.44. The van der Waals surface area contributed by atoms with Gasteiger partial charge in [0.1, 0.15) is 6.54 Å². The molecule has 0 aliphatic carbocycles. The summed E-state index contributed by atoms with van der Waals surface area (Å²) >= 11 is 1.54. The number of sulfone groups is 1. The van der Waals surface area contributed by atoms with Crippen molar-refractivity contribution in [2.75, 3.05) is 12.9 Å². The van der Waals surface area contributed by atoms with E-state index in [0.29, 0.717) is 6.61 Å². The average Bonchev–Trinajstić information content (AvgIpc) is 3.37. The van der Waals surface area contributed by atoms with Crippen molar-refractivity contribution in [1.29, 1.82) is 0 Å². The predicted molar refractivity (Wildman–Crippen MR) is 125 cm³/mol. The first-order chi connectivity index (χ1) is 15.3. The summed E-state index contributed by atoms with van der Waals surface area (Å²) in [4.78, 5) is 14.4. The zero-order chi connectivity index (χ0) is 22.9. The van der Waals surface area contributed by atoms with Gasteiger partial charge in [-0.15, -0.1) is 0 Å². The van der Waals surface area contributed by atoms with Gasteiger partial charge in [-0.3, -0.25) is 9.89 Å². The molecule has 2 aromatic carbocycles. The van der Waals surface area contributed by atoms with Crippen LogP contribution in [0.3, 0.4) is 0 Å². The number of rotatable bonds is 7. The Morgan fingerprint density at radius 3 is 2.53 bits per heavy atom. The van der Waals surface area contributed by atoms with Gasteiger partial charge in [0.05, 0.1) is 17.7 Å². The fraction of sp³-hybridized carbons (Fsp3) is 0.217. The molecule has 166 valence electrons. The maximum Gasteiger partial charge on any atom is 0.325 e. The first-order valence-corrected chi connectivity index (χ1v) is 12.7. The third-order valence-electron chi connectivity index (χ3n) is 5.16. The van der Waals surface area contributed by atoms with Crippen LogP contribution >= 0.6 is 11.8 Å². The normalized spacial score (nSPS) is 11.7. The highest BCUT2D eigenvalue weighted by Crippen LogP contribution is 2.40. The molecule has 0 atom stereocenters. The van der Waals surface area contributed by atoms with Crippen molar-refractivity contribution in [3.63, 3.8) is 0 Å². The van der Waals surface area contributed by atoms with Crippen LogP contribution in [-0.4, -0.2) is 42.0 Å². The minimum Gasteiger partial charge on any atom is -0.465 e. The first-order valence-electron chi connectivity index (χ1n) is 10.0. The number of aromatic nitrogens is 3. The van der Waals surface area contributed by atoms with Crippen molar-refractivity contribution in [3.8, 4) is 11.1 Å². The van der Waals surface area contributed by atoms with Crippen LogP contribution in [0.2, 0.25) is 0 Å². The van der Waals surface area contributed by atoms with E-state index in [1.165, 1.54) is 18.0 Å². The van der Waals surface area contributed by atoms with Gasteiger partial charge in [0.2, 0.25) is 0 Å². The molecule has 9 heteroatoms. The van der Waals surface area contributed by atoms with Crippen molar-refractivity contribution in [1.82, 2.24) is 14.8 Å². The van der Waals surface area contributed by atoms with E-state index in [4.69, 9.17) is 4.74 Å². The fourth-order valence-corrected chi connectivity index (χ4v) is 5.25. The number of esters is 1. The number of hydrogen-bond donors (Lipinski definition) is 1. The van der Waals surface area contributed by atoms with Crippen LogP contribution in [0.5, 0.6) is 0 Å². The molecule has 0 bridgehead atoms. The lowest BCUT2D eigenvalue weighted by atomic mass is 10.1. The van der Waals surface area contributed by atoms with Gasteiger partial charge < -0.3 is 9.30 Å². The van der Waals surface area contributed by atoms with Gasteiger partial charge in [-0.1, -0.05) is 17.8 Å². The van der Waals surface area contributed by atoms with Crippen LogP contribution in [0.1, 0.15) is 12.6 Å². The molecule has 7 nitrogen and oxygen atoms in total. The monoisotopic (exact) mass is 469 g/mol. The Hall–Kier alpha value is -3.04. The summed E-state index contributed by atoms with van der Waals surface area (Å²) < 4.78 is 30.7. The van der Waals surface area contributed by atoms with Crippen LogP contribution < -0.4 is 0 Å². The number of aromatic amines is 1. The van der Waals surface area contributed by atoms with Crippen molar-refractivity contribution < 1.29 is 17.9 Å². The maximum absolute atomic E-state index is 12.2. The quantitative estimate of drug-likeness (QED) is 0.402. The summed E-state index contributed by atoms with van der Waals surface area (Å²) in [6.45, 7) is 4.21. The molecule has 0 radical (unpaired) electrons. The highest BCUT2D eigenvalue weighted by Gasteiger charge is 2.19. The van der Waals surface area contributed by atoms with E-state index in [-0.39, 0.29) is 17.4 Å². The molecule has 0 saturated carbocycles. The van der Waals surface area contributed by atoms with Crippen molar-refractivity contribution >= 4 is 38.5 Å². The molecular formula is C23H23N3O4S2. The molecule has 32 heavy (non-hydrogen) atoms. The Kier molecular flexibility index (Phi) is 6.12. The fourth-order valence-electron chi connectivity index (χ4n) is 3.58. The summed E-state index contributed by atoms with van der Waals surface area (Å²) in [6.07, 6.45) is 4.79.